The van der Waals surface area contributed by atoms with E-state index in [1.165, 1.54) is 0 Å². The molecule has 1 N–H and O–H groups in total. The highest BCUT2D eigenvalue weighted by Gasteiger charge is 1.95. The molecule has 0 radical (unpaired) electrons. The van der Waals surface area contributed by atoms with Crippen molar-refractivity contribution in [2.45, 2.75) is 32.9 Å². The molecule has 1 nitrogen and oxygen atoms in total. The zero-order chi connectivity index (χ0) is 7.98. The van der Waals surface area contributed by atoms with Gasteiger partial charge in [-0.05, 0) is 6.92 Å². The molecule has 0 aromatic rings. The summed E-state index contributed by atoms with van der Waals surface area (Å²) in [6, 6.07) is 0.988. The van der Waals surface area contributed by atoms with Gasteiger partial charge in [-0.3, -0.25) is 0 Å². The van der Waals surface area contributed by atoms with Gasteiger partial charge in [-0.15, -0.1) is 0 Å². The minimum Gasteiger partial charge on any atom is -0.309 e. The van der Waals surface area contributed by atoms with Gasteiger partial charge in [-0.2, -0.15) is 0 Å². The molecule has 0 aromatic heterocycles. The van der Waals surface area contributed by atoms with E-state index in [1.807, 2.05) is 6.08 Å². The quantitative estimate of drug-likeness (QED) is 0.588. The number of hydrogen-bond donors (Lipinski definition) is 1. The molecule has 0 fully saturated rings. The monoisotopic (exact) mass is 139 g/mol. The molecule has 0 rings (SSSR count). The van der Waals surface area contributed by atoms with Gasteiger partial charge >= 0.3 is 0 Å². The fourth-order valence-corrected chi connectivity index (χ4v) is 0.827. The topological polar surface area (TPSA) is 12.0 Å². The Kier molecular flexibility index (Phi) is 4.95. The fraction of sp³-hybridized carbons (Fsp3) is 0.556. The van der Waals surface area contributed by atoms with Crippen LogP contribution in [0.3, 0.4) is 0 Å². The molecule has 1 heteroatoms. The van der Waals surface area contributed by atoms with Crippen LogP contribution in [0.4, 0.5) is 0 Å². The lowest BCUT2D eigenvalue weighted by molar-refractivity contribution is 0.549. The molecule has 0 saturated carbocycles. The Balaban J connectivity index is 3.52. The number of rotatable bonds is 4. The highest BCUT2D eigenvalue weighted by atomic mass is 14.9. The standard InChI is InChI=1S/C9H17N/c1-5-6-7-9(4)10-8(2)3/h5-10H,1H2,2-4H3/b7-6-. The predicted molar refractivity (Wildman–Crippen MR) is 47.1 cm³/mol. The molecule has 1 unspecified atom stereocenters. The Labute approximate surface area is 63.8 Å². The molecule has 0 aliphatic rings. The van der Waals surface area contributed by atoms with Gasteiger partial charge in [0.15, 0.2) is 0 Å². The van der Waals surface area contributed by atoms with Crippen LogP contribution in [0, 0.1) is 0 Å². The summed E-state index contributed by atoms with van der Waals surface area (Å²) in [5.41, 5.74) is 0. The molecular weight excluding hydrogens is 122 g/mol. The van der Waals surface area contributed by atoms with Gasteiger partial charge in [-0.25, -0.2) is 0 Å². The van der Waals surface area contributed by atoms with Crippen LogP contribution in [0.1, 0.15) is 20.8 Å². The first-order chi connectivity index (χ1) is 4.66. The molecule has 58 valence electrons. The van der Waals surface area contributed by atoms with Crippen molar-refractivity contribution in [2.75, 3.05) is 0 Å². The lowest BCUT2D eigenvalue weighted by Crippen LogP contribution is -2.30. The molecule has 0 amide bonds. The van der Waals surface area contributed by atoms with Crippen LogP contribution in [-0.4, -0.2) is 12.1 Å². The first-order valence-corrected chi connectivity index (χ1v) is 3.72. The Morgan fingerprint density at radius 2 is 1.90 bits per heavy atom. The number of nitrogens with one attached hydrogen (secondary N) is 1. The molecule has 10 heavy (non-hydrogen) atoms. The van der Waals surface area contributed by atoms with E-state index in [9.17, 15) is 0 Å². The SMILES string of the molecule is C=C/C=C\C(C)NC(C)C. The molecule has 1 atom stereocenters. The largest absolute Gasteiger partial charge is 0.309 e. The minimum atomic E-state index is 0.443. The van der Waals surface area contributed by atoms with E-state index in [4.69, 9.17) is 0 Å². The van der Waals surface area contributed by atoms with Crippen molar-refractivity contribution in [3.05, 3.63) is 24.8 Å². The third kappa shape index (κ3) is 5.57. The summed E-state index contributed by atoms with van der Waals surface area (Å²) in [6.45, 7) is 10.00. The van der Waals surface area contributed by atoms with Crippen molar-refractivity contribution in [2.24, 2.45) is 0 Å². The molecule has 0 spiro atoms. The molecule has 0 aromatic carbocycles. The second-order valence-corrected chi connectivity index (χ2v) is 2.73. The van der Waals surface area contributed by atoms with Crippen LogP contribution >= 0.6 is 0 Å². The normalized spacial score (nSPS) is 14.4. The van der Waals surface area contributed by atoms with Crippen molar-refractivity contribution >= 4 is 0 Å². The second-order valence-electron chi connectivity index (χ2n) is 2.73. The van der Waals surface area contributed by atoms with Crippen molar-refractivity contribution in [3.8, 4) is 0 Å². The summed E-state index contributed by atoms with van der Waals surface area (Å²) in [4.78, 5) is 0. The summed E-state index contributed by atoms with van der Waals surface area (Å²) >= 11 is 0. The van der Waals surface area contributed by atoms with E-state index in [1.54, 1.807) is 6.08 Å². The van der Waals surface area contributed by atoms with Crippen LogP contribution in [0.25, 0.3) is 0 Å². The predicted octanol–water partition coefficient (Wildman–Crippen LogP) is 2.12. The Morgan fingerprint density at radius 3 is 2.30 bits per heavy atom. The van der Waals surface area contributed by atoms with Crippen LogP contribution in [-0.2, 0) is 0 Å². The first-order valence-electron chi connectivity index (χ1n) is 3.72. The van der Waals surface area contributed by atoms with Crippen LogP contribution < -0.4 is 5.32 Å². The second kappa shape index (κ2) is 5.24. The van der Waals surface area contributed by atoms with Gasteiger partial charge in [-0.1, -0.05) is 38.7 Å². The highest BCUT2D eigenvalue weighted by Crippen LogP contribution is 1.87. The summed E-state index contributed by atoms with van der Waals surface area (Å²) in [6.07, 6.45) is 5.84. The maximum atomic E-state index is 3.60. The van der Waals surface area contributed by atoms with Gasteiger partial charge in [0.1, 0.15) is 0 Å². The lowest BCUT2D eigenvalue weighted by atomic mass is 10.2. The molecule has 0 aliphatic heterocycles. The average molecular weight is 139 g/mol. The number of allylic oxidation sites excluding steroid dienone is 2. The zero-order valence-corrected chi connectivity index (χ0v) is 7.09. The Bertz CT molecular complexity index is 114. The zero-order valence-electron chi connectivity index (χ0n) is 7.09. The van der Waals surface area contributed by atoms with Crippen molar-refractivity contribution < 1.29 is 0 Å². The van der Waals surface area contributed by atoms with Crippen molar-refractivity contribution in [1.82, 2.24) is 5.32 Å². The van der Waals surface area contributed by atoms with Gasteiger partial charge in [0, 0.05) is 12.1 Å². The van der Waals surface area contributed by atoms with Gasteiger partial charge in [0.25, 0.3) is 0 Å². The van der Waals surface area contributed by atoms with Crippen molar-refractivity contribution in [3.63, 3.8) is 0 Å². The molecule has 0 aliphatic carbocycles. The smallest absolute Gasteiger partial charge is 0.0227 e. The van der Waals surface area contributed by atoms with E-state index >= 15 is 0 Å². The summed E-state index contributed by atoms with van der Waals surface area (Å²) < 4.78 is 0. The summed E-state index contributed by atoms with van der Waals surface area (Å²) in [5.74, 6) is 0. The highest BCUT2D eigenvalue weighted by molar-refractivity contribution is 5.01. The average Bonchev–Trinajstić information content (AvgIpc) is 1.82. The maximum Gasteiger partial charge on any atom is 0.0227 e. The lowest BCUT2D eigenvalue weighted by Gasteiger charge is -2.11. The fourth-order valence-electron chi connectivity index (χ4n) is 0.827. The van der Waals surface area contributed by atoms with Crippen LogP contribution in [0.15, 0.2) is 24.8 Å². The van der Waals surface area contributed by atoms with Gasteiger partial charge in [0.05, 0.1) is 0 Å². The molecule has 0 heterocycles. The van der Waals surface area contributed by atoms with E-state index in [-0.39, 0.29) is 0 Å². The van der Waals surface area contributed by atoms with Crippen LogP contribution in [0.2, 0.25) is 0 Å². The first kappa shape index (κ1) is 9.44. The van der Waals surface area contributed by atoms with Gasteiger partial charge < -0.3 is 5.32 Å². The van der Waals surface area contributed by atoms with Crippen LogP contribution in [0.5, 0.6) is 0 Å². The van der Waals surface area contributed by atoms with E-state index < -0.39 is 0 Å². The van der Waals surface area contributed by atoms with E-state index in [0.717, 1.165) is 0 Å². The van der Waals surface area contributed by atoms with E-state index in [0.29, 0.717) is 12.1 Å². The molecule has 0 saturated heterocycles. The third-order valence-corrected chi connectivity index (χ3v) is 1.13. The Hall–Kier alpha value is -0.560. The molecule has 0 bridgehead atoms. The third-order valence-electron chi connectivity index (χ3n) is 1.13. The summed E-state index contributed by atoms with van der Waals surface area (Å²) in [7, 11) is 0. The van der Waals surface area contributed by atoms with E-state index in [2.05, 4.69) is 38.7 Å². The number of hydrogen-bond acceptors (Lipinski definition) is 1. The summed E-state index contributed by atoms with van der Waals surface area (Å²) in [5, 5.41) is 3.34. The molecular formula is C9H17N. The minimum absolute atomic E-state index is 0.443. The Morgan fingerprint density at radius 1 is 1.30 bits per heavy atom. The van der Waals surface area contributed by atoms with Crippen molar-refractivity contribution in [1.29, 1.82) is 0 Å². The van der Waals surface area contributed by atoms with Gasteiger partial charge in [0.2, 0.25) is 0 Å². The maximum absolute atomic E-state index is 3.60.